The first-order valence-corrected chi connectivity index (χ1v) is 15.3. The molecule has 0 spiro atoms. The van der Waals surface area contributed by atoms with Crippen LogP contribution in [-0.4, -0.2) is 30.1 Å². The number of carbonyl (C=O) groups excluding carboxylic acids is 2. The van der Waals surface area contributed by atoms with E-state index in [9.17, 15) is 14.0 Å². The standard InChI is InChI=1S/C34H30F2N4O4S/c1-2-43-20-37-19-21-3-5-22(6-4-21)30-18-27-31(45-30)29(13-16-38-27)44-28-12-11-25(17-26(28)36)40-33(42)34(14-15-34)32(41)39-24-9-7-23(35)8-10-24/h3-13,16-18,37H,2,14-15,19-20H2,1H3,(H,39,41)(H,40,42). The first-order valence-electron chi connectivity index (χ1n) is 14.5. The van der Waals surface area contributed by atoms with Crippen LogP contribution in [0.5, 0.6) is 11.5 Å². The second kappa shape index (κ2) is 13.1. The molecule has 1 saturated carbocycles. The molecule has 3 aromatic carbocycles. The van der Waals surface area contributed by atoms with E-state index in [1.165, 1.54) is 47.7 Å². The van der Waals surface area contributed by atoms with Crippen molar-refractivity contribution >= 4 is 44.7 Å². The third-order valence-electron chi connectivity index (χ3n) is 7.48. The van der Waals surface area contributed by atoms with Gasteiger partial charge in [0, 0.05) is 47.7 Å². The second-order valence-corrected chi connectivity index (χ2v) is 11.7. The molecule has 2 heterocycles. The molecule has 11 heteroatoms. The minimum absolute atomic E-state index is 0.0189. The molecule has 0 bridgehead atoms. The largest absolute Gasteiger partial charge is 0.453 e. The number of nitrogens with zero attached hydrogens (tertiary/aromatic N) is 1. The van der Waals surface area contributed by atoms with E-state index in [0.29, 0.717) is 44.2 Å². The molecule has 1 aliphatic rings. The van der Waals surface area contributed by atoms with Gasteiger partial charge in [0.05, 0.1) is 16.9 Å². The number of carbonyl (C=O) groups is 2. The van der Waals surface area contributed by atoms with Gasteiger partial charge in [0.2, 0.25) is 11.8 Å². The van der Waals surface area contributed by atoms with Crippen LogP contribution in [0.15, 0.2) is 85.1 Å². The topological polar surface area (TPSA) is 102 Å². The summed E-state index contributed by atoms with van der Waals surface area (Å²) >= 11 is 1.50. The van der Waals surface area contributed by atoms with E-state index in [0.717, 1.165) is 32.3 Å². The van der Waals surface area contributed by atoms with Gasteiger partial charge in [-0.25, -0.2) is 8.78 Å². The van der Waals surface area contributed by atoms with Crippen LogP contribution >= 0.6 is 11.3 Å². The van der Waals surface area contributed by atoms with E-state index < -0.39 is 28.9 Å². The minimum atomic E-state index is -1.26. The van der Waals surface area contributed by atoms with Crippen molar-refractivity contribution < 1.29 is 27.8 Å². The summed E-state index contributed by atoms with van der Waals surface area (Å²) in [6.07, 6.45) is 2.32. The minimum Gasteiger partial charge on any atom is -0.453 e. The molecule has 0 radical (unpaired) electrons. The molecule has 230 valence electrons. The number of amides is 2. The highest BCUT2D eigenvalue weighted by molar-refractivity contribution is 7.22. The van der Waals surface area contributed by atoms with Crippen molar-refractivity contribution in [1.82, 2.24) is 10.3 Å². The number of nitrogens with one attached hydrogen (secondary N) is 3. The molecule has 0 unspecified atom stereocenters. The monoisotopic (exact) mass is 628 g/mol. The molecular formula is C34H30F2N4O4S. The van der Waals surface area contributed by atoms with Gasteiger partial charge >= 0.3 is 0 Å². The molecule has 0 aliphatic heterocycles. The van der Waals surface area contributed by atoms with Gasteiger partial charge in [0.1, 0.15) is 17.0 Å². The smallest absolute Gasteiger partial charge is 0.240 e. The lowest BCUT2D eigenvalue weighted by Crippen LogP contribution is -2.35. The summed E-state index contributed by atoms with van der Waals surface area (Å²) < 4.78 is 40.5. The van der Waals surface area contributed by atoms with Crippen LogP contribution < -0.4 is 20.7 Å². The summed E-state index contributed by atoms with van der Waals surface area (Å²) in [6.45, 7) is 3.82. The number of benzene rings is 3. The summed E-state index contributed by atoms with van der Waals surface area (Å²) in [7, 11) is 0. The lowest BCUT2D eigenvalue weighted by molar-refractivity contribution is -0.131. The Kier molecular flexibility index (Phi) is 8.83. The molecule has 3 N–H and O–H groups in total. The number of pyridine rings is 1. The average Bonchev–Trinajstić information content (AvgIpc) is 3.75. The quantitative estimate of drug-likeness (QED) is 0.0753. The van der Waals surface area contributed by atoms with Crippen LogP contribution in [0.25, 0.3) is 20.7 Å². The number of ether oxygens (including phenoxy) is 2. The molecule has 1 aliphatic carbocycles. The van der Waals surface area contributed by atoms with Gasteiger partial charge in [0.25, 0.3) is 0 Å². The van der Waals surface area contributed by atoms with Gasteiger partial charge in [-0.3, -0.25) is 19.9 Å². The zero-order valence-electron chi connectivity index (χ0n) is 24.4. The summed E-state index contributed by atoms with van der Waals surface area (Å²) in [4.78, 5) is 31.3. The van der Waals surface area contributed by atoms with Crippen molar-refractivity contribution in [3.63, 3.8) is 0 Å². The molecule has 6 rings (SSSR count). The fraction of sp³-hybridized carbons (Fsp3) is 0.206. The van der Waals surface area contributed by atoms with Crippen molar-refractivity contribution in [2.45, 2.75) is 26.3 Å². The van der Waals surface area contributed by atoms with E-state index >= 15 is 4.39 Å². The van der Waals surface area contributed by atoms with Crippen LogP contribution in [0.4, 0.5) is 20.2 Å². The van der Waals surface area contributed by atoms with Crippen molar-refractivity contribution in [2.24, 2.45) is 5.41 Å². The zero-order chi connectivity index (χ0) is 31.4. The highest BCUT2D eigenvalue weighted by atomic mass is 32.1. The summed E-state index contributed by atoms with van der Waals surface area (Å²) in [6, 6.07) is 21.3. The number of anilines is 2. The van der Waals surface area contributed by atoms with Gasteiger partial charge in [-0.15, -0.1) is 11.3 Å². The Morgan fingerprint density at radius 2 is 1.60 bits per heavy atom. The maximum Gasteiger partial charge on any atom is 0.240 e. The number of hydrogen-bond acceptors (Lipinski definition) is 7. The third-order valence-corrected chi connectivity index (χ3v) is 8.67. The molecule has 8 nitrogen and oxygen atoms in total. The van der Waals surface area contributed by atoms with Gasteiger partial charge in [-0.1, -0.05) is 24.3 Å². The molecule has 0 atom stereocenters. The predicted molar refractivity (Wildman–Crippen MR) is 170 cm³/mol. The third kappa shape index (κ3) is 6.85. The highest BCUT2D eigenvalue weighted by Gasteiger charge is 2.56. The van der Waals surface area contributed by atoms with E-state index in [1.807, 2.05) is 25.1 Å². The lowest BCUT2D eigenvalue weighted by atomic mass is 10.0. The highest BCUT2D eigenvalue weighted by Crippen LogP contribution is 2.48. The normalized spacial score (nSPS) is 13.4. The van der Waals surface area contributed by atoms with Crippen LogP contribution in [0.3, 0.4) is 0 Å². The Labute approximate surface area is 262 Å². The molecule has 2 amide bonds. The Morgan fingerprint density at radius 3 is 2.29 bits per heavy atom. The average molecular weight is 629 g/mol. The van der Waals surface area contributed by atoms with Crippen LogP contribution in [0.1, 0.15) is 25.3 Å². The molecule has 2 aromatic heterocycles. The summed E-state index contributed by atoms with van der Waals surface area (Å²) in [5, 5.41) is 8.54. The maximum absolute atomic E-state index is 15.2. The van der Waals surface area contributed by atoms with Gasteiger partial charge in [0.15, 0.2) is 11.6 Å². The second-order valence-electron chi connectivity index (χ2n) is 10.6. The van der Waals surface area contributed by atoms with E-state index in [-0.39, 0.29) is 11.4 Å². The van der Waals surface area contributed by atoms with Crippen LogP contribution in [-0.2, 0) is 20.9 Å². The van der Waals surface area contributed by atoms with Crippen molar-refractivity contribution in [3.8, 4) is 21.9 Å². The fourth-order valence-corrected chi connectivity index (χ4v) is 5.86. The summed E-state index contributed by atoms with van der Waals surface area (Å²) in [5.74, 6) is -1.70. The zero-order valence-corrected chi connectivity index (χ0v) is 25.2. The molecule has 0 saturated heterocycles. The predicted octanol–water partition coefficient (Wildman–Crippen LogP) is 7.47. The Hall–Kier alpha value is -4.71. The van der Waals surface area contributed by atoms with E-state index in [2.05, 4.69) is 33.1 Å². The van der Waals surface area contributed by atoms with Gasteiger partial charge in [-0.05, 0) is 73.4 Å². The van der Waals surface area contributed by atoms with Crippen molar-refractivity contribution in [1.29, 1.82) is 0 Å². The molecule has 5 aromatic rings. The molecular weight excluding hydrogens is 598 g/mol. The molecule has 45 heavy (non-hydrogen) atoms. The molecule has 1 fully saturated rings. The van der Waals surface area contributed by atoms with Crippen LogP contribution in [0, 0.1) is 17.0 Å². The lowest BCUT2D eigenvalue weighted by Gasteiger charge is -2.16. The SMILES string of the molecule is CCOCNCc1ccc(-c2cc3nccc(Oc4ccc(NC(=O)C5(C(=O)Nc6ccc(F)cc6)CC5)cc4F)c3s2)cc1. The number of hydrogen-bond donors (Lipinski definition) is 3. The van der Waals surface area contributed by atoms with E-state index in [4.69, 9.17) is 9.47 Å². The first-order chi connectivity index (χ1) is 21.8. The van der Waals surface area contributed by atoms with Crippen molar-refractivity contribution in [3.05, 3.63) is 102 Å². The van der Waals surface area contributed by atoms with Crippen LogP contribution in [0.2, 0.25) is 0 Å². The number of fused-ring (bicyclic) bond motifs is 1. The van der Waals surface area contributed by atoms with E-state index in [1.54, 1.807) is 12.3 Å². The Morgan fingerprint density at radius 1 is 0.889 bits per heavy atom. The number of halogens is 2. The Balaban J connectivity index is 1.12. The fourth-order valence-electron chi connectivity index (χ4n) is 4.79. The summed E-state index contributed by atoms with van der Waals surface area (Å²) in [5.41, 5.74) is 2.21. The number of aromatic nitrogens is 1. The van der Waals surface area contributed by atoms with Gasteiger partial charge in [-0.2, -0.15) is 0 Å². The maximum atomic E-state index is 15.2. The number of thiophene rings is 1. The Bertz CT molecular complexity index is 1840. The number of rotatable bonds is 12. The van der Waals surface area contributed by atoms with Crippen molar-refractivity contribution in [2.75, 3.05) is 24.0 Å². The van der Waals surface area contributed by atoms with Gasteiger partial charge < -0.3 is 20.1 Å². The first kappa shape index (κ1) is 30.3.